The summed E-state index contributed by atoms with van der Waals surface area (Å²) in [5.74, 6) is -0.0329. The number of carbonyl (C=O) groups is 2. The van der Waals surface area contributed by atoms with Crippen LogP contribution in [0.4, 0.5) is 5.69 Å². The molecule has 1 N–H and O–H groups in total. The Morgan fingerprint density at radius 2 is 1.64 bits per heavy atom. The van der Waals surface area contributed by atoms with Gasteiger partial charge in [-0.3, -0.25) is 14.5 Å². The summed E-state index contributed by atoms with van der Waals surface area (Å²) in [6.07, 6.45) is 1.05. The monoisotopic (exact) mass is 398 g/mol. The molecule has 2 aromatic rings. The quantitative estimate of drug-likeness (QED) is 0.775. The van der Waals surface area contributed by atoms with Gasteiger partial charge in [-0.15, -0.1) is 0 Å². The molecule has 1 atom stereocenters. The van der Waals surface area contributed by atoms with Crippen molar-refractivity contribution in [3.8, 4) is 0 Å². The van der Waals surface area contributed by atoms with Crippen LogP contribution < -0.4 is 9.80 Å². The van der Waals surface area contributed by atoms with Crippen LogP contribution in [-0.2, 0) is 16.0 Å². The van der Waals surface area contributed by atoms with Gasteiger partial charge in [-0.2, -0.15) is 0 Å². The first kappa shape index (κ1) is 19.0. The summed E-state index contributed by atoms with van der Waals surface area (Å²) in [7, 11) is 0. The van der Waals surface area contributed by atoms with Gasteiger partial charge in [-0.05, 0) is 36.2 Å². The lowest BCUT2D eigenvalue weighted by Crippen LogP contribution is -3.19. The first-order valence-corrected chi connectivity index (χ1v) is 10.2. The highest BCUT2D eigenvalue weighted by Gasteiger charge is 2.45. The van der Waals surface area contributed by atoms with Crippen molar-refractivity contribution < 1.29 is 14.5 Å². The van der Waals surface area contributed by atoms with Crippen molar-refractivity contribution in [1.82, 2.24) is 4.90 Å². The summed E-state index contributed by atoms with van der Waals surface area (Å²) < 4.78 is 0. The molecule has 28 heavy (non-hydrogen) atoms. The number of hydrogen-bond acceptors (Lipinski definition) is 3. The second-order valence-corrected chi connectivity index (χ2v) is 7.93. The Morgan fingerprint density at radius 3 is 2.32 bits per heavy atom. The maximum absolute atomic E-state index is 12.9. The number of nitrogens with zero attached hydrogens (tertiary/aromatic N) is 2. The van der Waals surface area contributed by atoms with Crippen molar-refractivity contribution in [2.75, 3.05) is 37.6 Å². The molecule has 2 fully saturated rings. The standard InChI is InChI=1S/C22H24ClN3O2/c23-18-6-8-19(9-7-18)24-12-14-25(15-13-24)20-16-21(27)26(22(20)28)11-10-17-4-2-1-3-5-17/h1-9,20H,10-16H2/p+1/t20-/m0/s1. The first-order valence-electron chi connectivity index (χ1n) is 9.85. The molecule has 146 valence electrons. The molecular formula is C22H25ClN3O2+. The fourth-order valence-corrected chi connectivity index (χ4v) is 4.30. The van der Waals surface area contributed by atoms with E-state index >= 15 is 0 Å². The Kier molecular flexibility index (Phi) is 5.64. The number of halogens is 1. The average Bonchev–Trinajstić information content (AvgIpc) is 3.01. The summed E-state index contributed by atoms with van der Waals surface area (Å²) in [4.78, 5) is 30.3. The predicted octanol–water partition coefficient (Wildman–Crippen LogP) is 1.42. The van der Waals surface area contributed by atoms with E-state index in [1.165, 1.54) is 9.80 Å². The van der Waals surface area contributed by atoms with E-state index in [2.05, 4.69) is 4.90 Å². The smallest absolute Gasteiger partial charge is 0.288 e. The number of carbonyl (C=O) groups excluding carboxylic acids is 2. The van der Waals surface area contributed by atoms with E-state index in [4.69, 9.17) is 11.6 Å². The van der Waals surface area contributed by atoms with Crippen molar-refractivity contribution in [2.24, 2.45) is 0 Å². The minimum atomic E-state index is -0.226. The Bertz CT molecular complexity index is 833. The summed E-state index contributed by atoms with van der Waals surface area (Å²) in [6.45, 7) is 3.94. The van der Waals surface area contributed by atoms with Gasteiger partial charge >= 0.3 is 0 Å². The van der Waals surface area contributed by atoms with Gasteiger partial charge in [0, 0.05) is 17.3 Å². The molecule has 2 heterocycles. The van der Waals surface area contributed by atoms with Crippen LogP contribution in [-0.4, -0.2) is 55.5 Å². The topological polar surface area (TPSA) is 45.1 Å². The van der Waals surface area contributed by atoms with E-state index in [0.717, 1.165) is 42.5 Å². The number of amides is 2. The third kappa shape index (κ3) is 4.05. The van der Waals surface area contributed by atoms with E-state index in [1.54, 1.807) is 0 Å². The lowest BCUT2D eigenvalue weighted by molar-refractivity contribution is -0.915. The number of quaternary nitrogens is 1. The number of nitrogens with one attached hydrogen (secondary N) is 1. The Labute approximate surface area is 170 Å². The van der Waals surface area contributed by atoms with Gasteiger partial charge in [-0.25, -0.2) is 0 Å². The zero-order valence-electron chi connectivity index (χ0n) is 15.8. The van der Waals surface area contributed by atoms with Crippen LogP contribution in [0.25, 0.3) is 0 Å². The van der Waals surface area contributed by atoms with E-state index in [9.17, 15) is 9.59 Å². The lowest BCUT2D eigenvalue weighted by atomic mass is 10.1. The number of hydrogen-bond donors (Lipinski definition) is 1. The molecule has 0 aromatic heterocycles. The van der Waals surface area contributed by atoms with Crippen LogP contribution in [0.15, 0.2) is 54.6 Å². The third-order valence-electron chi connectivity index (χ3n) is 5.80. The molecule has 2 aromatic carbocycles. The highest BCUT2D eigenvalue weighted by Crippen LogP contribution is 2.18. The van der Waals surface area contributed by atoms with Crippen molar-refractivity contribution in [2.45, 2.75) is 18.9 Å². The maximum atomic E-state index is 12.9. The minimum absolute atomic E-state index is 0.00382. The van der Waals surface area contributed by atoms with Gasteiger partial charge in [0.1, 0.15) is 0 Å². The van der Waals surface area contributed by atoms with Gasteiger partial charge in [-0.1, -0.05) is 41.9 Å². The fraction of sp³-hybridized carbons (Fsp3) is 0.364. The lowest BCUT2D eigenvalue weighted by Gasteiger charge is -2.35. The number of rotatable bonds is 5. The number of likely N-dealkylation sites (tertiary alicyclic amines) is 1. The molecule has 5 nitrogen and oxygen atoms in total. The normalized spacial score (nSPS) is 20.8. The number of piperazine rings is 1. The molecule has 0 bridgehead atoms. The van der Waals surface area contributed by atoms with Crippen LogP contribution in [0.5, 0.6) is 0 Å². The molecule has 0 radical (unpaired) electrons. The maximum Gasteiger partial charge on any atom is 0.288 e. The van der Waals surface area contributed by atoms with Crippen molar-refractivity contribution in [3.05, 3.63) is 65.2 Å². The Morgan fingerprint density at radius 1 is 0.964 bits per heavy atom. The molecule has 0 aliphatic carbocycles. The molecule has 4 rings (SSSR count). The zero-order chi connectivity index (χ0) is 19.5. The van der Waals surface area contributed by atoms with Gasteiger partial charge in [0.15, 0.2) is 6.04 Å². The third-order valence-corrected chi connectivity index (χ3v) is 6.05. The average molecular weight is 399 g/mol. The number of anilines is 1. The summed E-state index contributed by atoms with van der Waals surface area (Å²) in [6, 6.07) is 17.6. The molecule has 0 unspecified atom stereocenters. The number of imide groups is 1. The van der Waals surface area contributed by atoms with E-state index in [0.29, 0.717) is 19.4 Å². The van der Waals surface area contributed by atoms with Crippen LogP contribution >= 0.6 is 11.6 Å². The summed E-state index contributed by atoms with van der Waals surface area (Å²) >= 11 is 5.97. The van der Waals surface area contributed by atoms with Crippen LogP contribution in [0, 0.1) is 0 Å². The number of benzene rings is 2. The van der Waals surface area contributed by atoms with Gasteiger partial charge in [0.2, 0.25) is 5.91 Å². The highest BCUT2D eigenvalue weighted by atomic mass is 35.5. The van der Waals surface area contributed by atoms with Crippen molar-refractivity contribution >= 4 is 29.1 Å². The Hall–Kier alpha value is -2.37. The molecule has 6 heteroatoms. The second kappa shape index (κ2) is 8.33. The largest absolute Gasteiger partial charge is 0.360 e. The molecule has 2 amide bonds. The molecule has 0 saturated carbocycles. The second-order valence-electron chi connectivity index (χ2n) is 7.50. The van der Waals surface area contributed by atoms with E-state index in [-0.39, 0.29) is 17.9 Å². The van der Waals surface area contributed by atoms with Gasteiger partial charge in [0.25, 0.3) is 5.91 Å². The fourth-order valence-electron chi connectivity index (χ4n) is 4.18. The van der Waals surface area contributed by atoms with Gasteiger partial charge in [0.05, 0.1) is 32.6 Å². The zero-order valence-corrected chi connectivity index (χ0v) is 16.6. The van der Waals surface area contributed by atoms with Crippen LogP contribution in [0.2, 0.25) is 5.02 Å². The molecular weight excluding hydrogens is 374 g/mol. The van der Waals surface area contributed by atoms with Crippen molar-refractivity contribution in [3.63, 3.8) is 0 Å². The van der Waals surface area contributed by atoms with Crippen LogP contribution in [0.1, 0.15) is 12.0 Å². The minimum Gasteiger partial charge on any atom is -0.360 e. The predicted molar refractivity (Wildman–Crippen MR) is 110 cm³/mol. The van der Waals surface area contributed by atoms with Gasteiger partial charge < -0.3 is 9.80 Å². The summed E-state index contributed by atoms with van der Waals surface area (Å²) in [5.41, 5.74) is 2.30. The van der Waals surface area contributed by atoms with E-state index in [1.807, 2.05) is 54.6 Å². The van der Waals surface area contributed by atoms with E-state index < -0.39 is 0 Å². The highest BCUT2D eigenvalue weighted by molar-refractivity contribution is 6.30. The van der Waals surface area contributed by atoms with Crippen molar-refractivity contribution in [1.29, 1.82) is 0 Å². The summed E-state index contributed by atoms with van der Waals surface area (Å²) in [5, 5.41) is 0.735. The first-order chi connectivity index (χ1) is 13.6. The Balaban J connectivity index is 1.33. The molecule has 2 saturated heterocycles. The SMILES string of the molecule is O=C1C[C@H]([NH+]2CCN(c3ccc(Cl)cc3)CC2)C(=O)N1CCc1ccccc1. The molecule has 2 aliphatic rings. The molecule has 0 spiro atoms. The molecule has 2 aliphatic heterocycles. The van der Waals surface area contributed by atoms with Crippen LogP contribution in [0.3, 0.4) is 0 Å².